The number of rotatable bonds is 4. The Hall–Kier alpha value is -0.760. The summed E-state index contributed by atoms with van der Waals surface area (Å²) in [6, 6.07) is 0. The Morgan fingerprint density at radius 2 is 2.00 bits per heavy atom. The molecule has 2 aliphatic carbocycles. The van der Waals surface area contributed by atoms with Gasteiger partial charge < -0.3 is 4.74 Å². The fourth-order valence-corrected chi connectivity index (χ4v) is 2.96. The Labute approximate surface area is 104 Å². The first-order valence-corrected chi connectivity index (χ1v) is 6.97. The minimum absolute atomic E-state index is 0.606. The van der Waals surface area contributed by atoms with Crippen LogP contribution < -0.4 is 0 Å². The molecule has 1 aliphatic heterocycles. The number of ether oxygens (including phenoxy) is 1. The summed E-state index contributed by atoms with van der Waals surface area (Å²) in [5.41, 5.74) is 0. The van der Waals surface area contributed by atoms with Crippen molar-refractivity contribution in [3.8, 4) is 0 Å². The maximum Gasteiger partial charge on any atom is 0.115 e. The van der Waals surface area contributed by atoms with Crippen LogP contribution in [0.15, 0.2) is 24.0 Å². The molecule has 2 heteroatoms. The standard InChI is InChI=1S/C15H23NO/c1-11-3-4-15(7-12(11)2)17-6-5-16-9-13-8-14(13)10-16/h3-4,7,11-14H,5-6,8-10H2,1-2H3/t11-,12?,13?,14?/m0/s1. The topological polar surface area (TPSA) is 12.5 Å². The zero-order valence-corrected chi connectivity index (χ0v) is 10.9. The summed E-state index contributed by atoms with van der Waals surface area (Å²) >= 11 is 0. The average molecular weight is 233 g/mol. The zero-order valence-electron chi connectivity index (χ0n) is 10.9. The highest BCUT2D eigenvalue weighted by Gasteiger charge is 2.44. The van der Waals surface area contributed by atoms with E-state index in [2.05, 4.69) is 37.0 Å². The third-order valence-corrected chi connectivity index (χ3v) is 4.55. The Balaban J connectivity index is 1.39. The molecular weight excluding hydrogens is 210 g/mol. The van der Waals surface area contributed by atoms with Gasteiger partial charge in [-0.15, -0.1) is 0 Å². The van der Waals surface area contributed by atoms with E-state index in [0.717, 1.165) is 30.7 Å². The van der Waals surface area contributed by atoms with Gasteiger partial charge in [-0.05, 0) is 42.2 Å². The van der Waals surface area contributed by atoms with Crippen LogP contribution in [0.2, 0.25) is 0 Å². The molecule has 0 aromatic heterocycles. The van der Waals surface area contributed by atoms with E-state index < -0.39 is 0 Å². The van der Waals surface area contributed by atoms with E-state index in [1.807, 2.05) is 0 Å². The number of hydrogen-bond donors (Lipinski definition) is 0. The molecule has 0 bridgehead atoms. The Morgan fingerprint density at radius 3 is 2.71 bits per heavy atom. The van der Waals surface area contributed by atoms with Crippen molar-refractivity contribution in [2.45, 2.75) is 20.3 Å². The Bertz CT molecular complexity index is 337. The van der Waals surface area contributed by atoms with E-state index in [0.29, 0.717) is 11.8 Å². The molecule has 0 N–H and O–H groups in total. The number of fused-ring (bicyclic) bond motifs is 1. The highest BCUT2D eigenvalue weighted by atomic mass is 16.5. The second-order valence-electron chi connectivity index (χ2n) is 6.01. The molecule has 0 radical (unpaired) electrons. The molecule has 0 amide bonds. The van der Waals surface area contributed by atoms with Crippen LogP contribution in [0, 0.1) is 23.7 Å². The summed E-state index contributed by atoms with van der Waals surface area (Å²) in [7, 11) is 0. The summed E-state index contributed by atoms with van der Waals surface area (Å²) in [6.45, 7) is 9.09. The lowest BCUT2D eigenvalue weighted by molar-refractivity contribution is 0.169. The van der Waals surface area contributed by atoms with Gasteiger partial charge in [-0.2, -0.15) is 0 Å². The third-order valence-electron chi connectivity index (χ3n) is 4.55. The maximum atomic E-state index is 5.85. The van der Waals surface area contributed by atoms with Gasteiger partial charge in [-0.1, -0.05) is 19.9 Å². The van der Waals surface area contributed by atoms with Crippen LogP contribution in [0.4, 0.5) is 0 Å². The first-order valence-electron chi connectivity index (χ1n) is 6.97. The minimum atomic E-state index is 0.606. The highest BCUT2D eigenvalue weighted by molar-refractivity contribution is 5.19. The second-order valence-corrected chi connectivity index (χ2v) is 6.01. The first kappa shape index (κ1) is 11.3. The van der Waals surface area contributed by atoms with Crippen molar-refractivity contribution in [3.63, 3.8) is 0 Å². The summed E-state index contributed by atoms with van der Waals surface area (Å²) in [5, 5.41) is 0. The van der Waals surface area contributed by atoms with Crippen LogP contribution in [0.25, 0.3) is 0 Å². The average Bonchev–Trinajstić information content (AvgIpc) is 2.92. The van der Waals surface area contributed by atoms with E-state index in [1.165, 1.54) is 19.5 Å². The van der Waals surface area contributed by atoms with Gasteiger partial charge in [0.1, 0.15) is 12.4 Å². The molecular formula is C15H23NO. The summed E-state index contributed by atoms with van der Waals surface area (Å²) < 4.78 is 5.85. The van der Waals surface area contributed by atoms with E-state index >= 15 is 0 Å². The minimum Gasteiger partial charge on any atom is -0.493 e. The van der Waals surface area contributed by atoms with E-state index in [9.17, 15) is 0 Å². The predicted octanol–water partition coefficient (Wildman–Crippen LogP) is 2.68. The number of piperidine rings is 1. The van der Waals surface area contributed by atoms with Crippen molar-refractivity contribution in [2.24, 2.45) is 23.7 Å². The van der Waals surface area contributed by atoms with Crippen LogP contribution in [-0.2, 0) is 4.74 Å². The smallest absolute Gasteiger partial charge is 0.115 e. The summed E-state index contributed by atoms with van der Waals surface area (Å²) in [6.07, 6.45) is 8.13. The molecule has 17 heavy (non-hydrogen) atoms. The lowest BCUT2D eigenvalue weighted by atomic mass is 9.91. The van der Waals surface area contributed by atoms with Crippen LogP contribution in [0.3, 0.4) is 0 Å². The van der Waals surface area contributed by atoms with E-state index in [-0.39, 0.29) is 0 Å². The van der Waals surface area contributed by atoms with Crippen LogP contribution in [0.5, 0.6) is 0 Å². The summed E-state index contributed by atoms with van der Waals surface area (Å²) in [4.78, 5) is 2.55. The second kappa shape index (κ2) is 4.49. The quantitative estimate of drug-likeness (QED) is 0.740. The Morgan fingerprint density at radius 1 is 1.24 bits per heavy atom. The Kier molecular flexibility index (Phi) is 2.99. The first-order chi connectivity index (χ1) is 8.22. The third kappa shape index (κ3) is 2.57. The van der Waals surface area contributed by atoms with Gasteiger partial charge in [0.15, 0.2) is 0 Å². The molecule has 0 aromatic carbocycles. The van der Waals surface area contributed by atoms with Gasteiger partial charge in [-0.25, -0.2) is 0 Å². The summed E-state index contributed by atoms with van der Waals surface area (Å²) in [5.74, 6) is 4.39. The van der Waals surface area contributed by atoms with Crippen molar-refractivity contribution in [2.75, 3.05) is 26.2 Å². The molecule has 3 unspecified atom stereocenters. The molecule has 1 saturated heterocycles. The number of nitrogens with zero attached hydrogens (tertiary/aromatic N) is 1. The molecule has 0 spiro atoms. The van der Waals surface area contributed by atoms with Gasteiger partial charge in [0.05, 0.1) is 0 Å². The van der Waals surface area contributed by atoms with Gasteiger partial charge in [0.2, 0.25) is 0 Å². The van der Waals surface area contributed by atoms with Crippen molar-refractivity contribution >= 4 is 0 Å². The van der Waals surface area contributed by atoms with Crippen LogP contribution in [-0.4, -0.2) is 31.1 Å². The van der Waals surface area contributed by atoms with Gasteiger partial charge in [0, 0.05) is 19.6 Å². The highest BCUT2D eigenvalue weighted by Crippen LogP contribution is 2.44. The number of allylic oxidation sites excluding steroid dienone is 3. The maximum absolute atomic E-state index is 5.85. The van der Waals surface area contributed by atoms with Crippen molar-refractivity contribution in [1.82, 2.24) is 4.90 Å². The lowest BCUT2D eigenvalue weighted by Crippen LogP contribution is -2.26. The van der Waals surface area contributed by atoms with Gasteiger partial charge in [0.25, 0.3) is 0 Å². The lowest BCUT2D eigenvalue weighted by Gasteiger charge is -2.21. The van der Waals surface area contributed by atoms with E-state index in [4.69, 9.17) is 4.74 Å². The molecule has 3 aliphatic rings. The molecule has 0 aromatic rings. The van der Waals surface area contributed by atoms with E-state index in [1.54, 1.807) is 0 Å². The molecule has 1 saturated carbocycles. The van der Waals surface area contributed by atoms with Crippen molar-refractivity contribution in [3.05, 3.63) is 24.0 Å². The monoisotopic (exact) mass is 233 g/mol. The molecule has 3 rings (SSSR count). The van der Waals surface area contributed by atoms with Gasteiger partial charge >= 0.3 is 0 Å². The zero-order chi connectivity index (χ0) is 11.8. The molecule has 2 fully saturated rings. The van der Waals surface area contributed by atoms with Crippen LogP contribution >= 0.6 is 0 Å². The van der Waals surface area contributed by atoms with Crippen LogP contribution in [0.1, 0.15) is 20.3 Å². The fourth-order valence-electron chi connectivity index (χ4n) is 2.96. The number of hydrogen-bond acceptors (Lipinski definition) is 2. The predicted molar refractivity (Wildman–Crippen MR) is 69.5 cm³/mol. The molecule has 2 nitrogen and oxygen atoms in total. The number of likely N-dealkylation sites (tertiary alicyclic amines) is 1. The SMILES string of the molecule is CC1C=C(OCCN2CC3CC3C2)C=C[C@@H]1C. The fraction of sp³-hybridized carbons (Fsp3) is 0.733. The molecule has 4 atom stereocenters. The van der Waals surface area contributed by atoms with Crippen molar-refractivity contribution in [1.29, 1.82) is 0 Å². The largest absolute Gasteiger partial charge is 0.493 e. The molecule has 1 heterocycles. The normalized spacial score (nSPS) is 40.0. The van der Waals surface area contributed by atoms with Crippen molar-refractivity contribution < 1.29 is 4.74 Å². The molecule has 94 valence electrons. The van der Waals surface area contributed by atoms with Gasteiger partial charge in [-0.3, -0.25) is 4.90 Å².